The van der Waals surface area contributed by atoms with Crippen molar-refractivity contribution in [3.05, 3.63) is 90.6 Å². The van der Waals surface area contributed by atoms with Crippen LogP contribution in [0, 0.1) is 0 Å². The molecule has 7 nitrogen and oxygen atoms in total. The van der Waals surface area contributed by atoms with Gasteiger partial charge in [-0.15, -0.1) is 0 Å². The van der Waals surface area contributed by atoms with Crippen LogP contribution in [0.3, 0.4) is 0 Å². The summed E-state index contributed by atoms with van der Waals surface area (Å²) in [4.78, 5) is 31.8. The number of rotatable bonds is 8. The first-order chi connectivity index (χ1) is 17.3. The number of aromatic nitrogens is 1. The van der Waals surface area contributed by atoms with E-state index in [-0.39, 0.29) is 18.3 Å². The number of nitrogens with zero attached hydrogens (tertiary/aromatic N) is 2. The Labute approximate surface area is 214 Å². The molecule has 1 aliphatic rings. The predicted octanol–water partition coefficient (Wildman–Crippen LogP) is 3.98. The molecular formula is C28H30N2O5S. The topological polar surface area (TPSA) is 79.1 Å². The third-order valence-electron chi connectivity index (χ3n) is 5.57. The van der Waals surface area contributed by atoms with Crippen molar-refractivity contribution in [2.75, 3.05) is 13.2 Å². The molecule has 0 spiro atoms. The molecule has 0 unspecified atom stereocenters. The van der Waals surface area contributed by atoms with Crippen molar-refractivity contribution in [2.24, 2.45) is 4.99 Å². The van der Waals surface area contributed by atoms with Crippen LogP contribution in [0.4, 0.5) is 0 Å². The first kappa shape index (κ1) is 25.4. The number of hydrogen-bond acceptors (Lipinski definition) is 7. The summed E-state index contributed by atoms with van der Waals surface area (Å²) >= 11 is 1.30. The van der Waals surface area contributed by atoms with Gasteiger partial charge in [0.25, 0.3) is 5.56 Å². The molecule has 36 heavy (non-hydrogen) atoms. The molecular weight excluding hydrogens is 476 g/mol. The Morgan fingerprint density at radius 2 is 1.72 bits per heavy atom. The lowest BCUT2D eigenvalue weighted by Crippen LogP contribution is -2.39. The molecule has 1 aromatic heterocycles. The van der Waals surface area contributed by atoms with Crippen molar-refractivity contribution in [1.82, 2.24) is 4.57 Å². The highest BCUT2D eigenvalue weighted by atomic mass is 32.1. The largest absolute Gasteiger partial charge is 0.494 e. The maximum atomic E-state index is 13.7. The third kappa shape index (κ3) is 5.28. The minimum Gasteiger partial charge on any atom is -0.494 e. The Bertz CT molecular complexity index is 1450. The quantitative estimate of drug-likeness (QED) is 0.432. The van der Waals surface area contributed by atoms with Gasteiger partial charge >= 0.3 is 5.97 Å². The molecule has 0 fully saturated rings. The second-order valence-corrected chi connectivity index (χ2v) is 9.55. The number of thiazole rings is 1. The Balaban J connectivity index is 1.84. The fourth-order valence-corrected chi connectivity index (χ4v) is 5.13. The van der Waals surface area contributed by atoms with Crippen LogP contribution in [-0.4, -0.2) is 29.9 Å². The monoisotopic (exact) mass is 506 g/mol. The Morgan fingerprint density at radius 1 is 1.06 bits per heavy atom. The van der Waals surface area contributed by atoms with E-state index in [4.69, 9.17) is 14.2 Å². The summed E-state index contributed by atoms with van der Waals surface area (Å²) in [6, 6.07) is 14.4. The molecule has 1 aliphatic heterocycles. The van der Waals surface area contributed by atoms with E-state index in [1.165, 1.54) is 11.3 Å². The summed E-state index contributed by atoms with van der Waals surface area (Å²) in [5, 5.41) is 0. The van der Waals surface area contributed by atoms with Crippen LogP contribution in [0.1, 0.15) is 51.8 Å². The molecule has 0 amide bonds. The number of fused-ring (bicyclic) bond motifs is 1. The SMILES string of the molecule is CCOC(=O)C1=C(C)N=c2s/c(=C\c3ccc(OCC)cc3)c(=O)n2[C@H]1c1ccc(OC(C)C)cc1. The second kappa shape index (κ2) is 11.0. The van der Waals surface area contributed by atoms with E-state index in [0.717, 1.165) is 22.6 Å². The molecule has 2 heterocycles. The molecule has 0 radical (unpaired) electrons. The Morgan fingerprint density at radius 3 is 2.33 bits per heavy atom. The van der Waals surface area contributed by atoms with E-state index in [2.05, 4.69) is 4.99 Å². The summed E-state index contributed by atoms with van der Waals surface area (Å²) < 4.78 is 18.8. The molecule has 4 rings (SSSR count). The first-order valence-electron chi connectivity index (χ1n) is 12.0. The van der Waals surface area contributed by atoms with Gasteiger partial charge in [0, 0.05) is 0 Å². The van der Waals surface area contributed by atoms with Crippen LogP contribution >= 0.6 is 11.3 Å². The van der Waals surface area contributed by atoms with Crippen LogP contribution in [0.15, 0.2) is 69.6 Å². The second-order valence-electron chi connectivity index (χ2n) is 8.54. The third-order valence-corrected chi connectivity index (χ3v) is 6.56. The van der Waals surface area contributed by atoms with Crippen molar-refractivity contribution in [3.8, 4) is 11.5 Å². The highest BCUT2D eigenvalue weighted by molar-refractivity contribution is 7.07. The van der Waals surface area contributed by atoms with Gasteiger partial charge in [-0.1, -0.05) is 35.6 Å². The Hall–Kier alpha value is -3.65. The molecule has 0 N–H and O–H groups in total. The Kier molecular flexibility index (Phi) is 7.74. The fraction of sp³-hybridized carbons (Fsp3) is 0.321. The number of ether oxygens (including phenoxy) is 3. The number of hydrogen-bond donors (Lipinski definition) is 0. The van der Waals surface area contributed by atoms with Gasteiger partial charge in [-0.2, -0.15) is 0 Å². The van der Waals surface area contributed by atoms with E-state index in [1.54, 1.807) is 18.4 Å². The lowest BCUT2D eigenvalue weighted by atomic mass is 9.96. The molecule has 188 valence electrons. The van der Waals surface area contributed by atoms with Crippen molar-refractivity contribution in [3.63, 3.8) is 0 Å². The zero-order valence-electron chi connectivity index (χ0n) is 21.1. The molecule has 0 aliphatic carbocycles. The molecule has 0 bridgehead atoms. The summed E-state index contributed by atoms with van der Waals surface area (Å²) in [6.45, 7) is 10.2. The van der Waals surface area contributed by atoms with E-state index >= 15 is 0 Å². The maximum absolute atomic E-state index is 13.7. The minimum absolute atomic E-state index is 0.0355. The van der Waals surface area contributed by atoms with Gasteiger partial charge in [0.2, 0.25) is 0 Å². The van der Waals surface area contributed by atoms with Gasteiger partial charge < -0.3 is 14.2 Å². The lowest BCUT2D eigenvalue weighted by Gasteiger charge is -2.25. The van der Waals surface area contributed by atoms with Crippen LogP contribution in [0.25, 0.3) is 6.08 Å². The summed E-state index contributed by atoms with van der Waals surface area (Å²) in [6.07, 6.45) is 1.87. The van der Waals surface area contributed by atoms with E-state index < -0.39 is 12.0 Å². The average molecular weight is 507 g/mol. The number of benzene rings is 2. The summed E-state index contributed by atoms with van der Waals surface area (Å²) in [5.74, 6) is 1.01. The van der Waals surface area contributed by atoms with Crippen molar-refractivity contribution in [2.45, 2.75) is 46.8 Å². The van der Waals surface area contributed by atoms with E-state index in [0.29, 0.717) is 27.2 Å². The molecule has 0 saturated heterocycles. The molecule has 2 aromatic carbocycles. The molecule has 8 heteroatoms. The molecule has 3 aromatic rings. The normalized spacial score (nSPS) is 15.5. The van der Waals surface area contributed by atoms with E-state index in [9.17, 15) is 9.59 Å². The number of carbonyl (C=O) groups excluding carboxylic acids is 1. The van der Waals surface area contributed by atoms with Crippen molar-refractivity contribution in [1.29, 1.82) is 0 Å². The zero-order chi connectivity index (χ0) is 25.8. The molecule has 1 atom stereocenters. The van der Waals surface area contributed by atoms with Gasteiger partial charge in [0.1, 0.15) is 11.5 Å². The van der Waals surface area contributed by atoms with Crippen LogP contribution < -0.4 is 24.4 Å². The average Bonchev–Trinajstić information content (AvgIpc) is 3.14. The molecule has 0 saturated carbocycles. The number of esters is 1. The standard InChI is InChI=1S/C28H30N2O5S/c1-6-33-21-12-8-19(9-13-21)16-23-26(31)30-25(20-10-14-22(15-11-20)35-17(3)4)24(27(32)34-7-2)18(5)29-28(30)36-23/h8-17,25H,6-7H2,1-5H3/b23-16-/t25-/m0/s1. The van der Waals surface area contributed by atoms with Crippen molar-refractivity contribution >= 4 is 23.4 Å². The highest BCUT2D eigenvalue weighted by Gasteiger charge is 2.33. The van der Waals surface area contributed by atoms with Gasteiger partial charge in [-0.3, -0.25) is 9.36 Å². The van der Waals surface area contributed by atoms with Crippen LogP contribution in [0.2, 0.25) is 0 Å². The smallest absolute Gasteiger partial charge is 0.338 e. The van der Waals surface area contributed by atoms with Crippen molar-refractivity contribution < 1.29 is 19.0 Å². The number of carbonyl (C=O) groups is 1. The fourth-order valence-electron chi connectivity index (χ4n) is 4.09. The first-order valence-corrected chi connectivity index (χ1v) is 12.8. The minimum atomic E-state index is -0.657. The summed E-state index contributed by atoms with van der Waals surface area (Å²) in [5.41, 5.74) is 2.33. The zero-order valence-corrected chi connectivity index (χ0v) is 21.9. The lowest BCUT2D eigenvalue weighted by molar-refractivity contribution is -0.139. The van der Waals surface area contributed by atoms with E-state index in [1.807, 2.05) is 75.4 Å². The summed E-state index contributed by atoms with van der Waals surface area (Å²) in [7, 11) is 0. The highest BCUT2D eigenvalue weighted by Crippen LogP contribution is 2.31. The number of allylic oxidation sites excluding steroid dienone is 1. The predicted molar refractivity (Wildman–Crippen MR) is 140 cm³/mol. The van der Waals surface area contributed by atoms with Gasteiger partial charge in [-0.25, -0.2) is 9.79 Å². The van der Waals surface area contributed by atoms with Gasteiger partial charge in [0.15, 0.2) is 4.80 Å². The van der Waals surface area contributed by atoms with Gasteiger partial charge in [0.05, 0.1) is 41.2 Å². The van der Waals surface area contributed by atoms with Crippen LogP contribution in [-0.2, 0) is 9.53 Å². The maximum Gasteiger partial charge on any atom is 0.338 e. The van der Waals surface area contributed by atoms with Gasteiger partial charge in [-0.05, 0) is 76.1 Å². The van der Waals surface area contributed by atoms with Crippen LogP contribution in [0.5, 0.6) is 11.5 Å².